The third-order valence-corrected chi connectivity index (χ3v) is 2.88. The van der Waals surface area contributed by atoms with Crippen molar-refractivity contribution in [1.82, 2.24) is 5.32 Å². The molecule has 0 saturated carbocycles. The fourth-order valence-electron chi connectivity index (χ4n) is 1.37. The van der Waals surface area contributed by atoms with Gasteiger partial charge in [0, 0.05) is 24.8 Å². The van der Waals surface area contributed by atoms with E-state index in [1.54, 1.807) is 19.9 Å². The van der Waals surface area contributed by atoms with Gasteiger partial charge in [0.1, 0.15) is 0 Å². The standard InChI is InChI=1S/C14H17N3O4/c1-14(2,13(15)19)9-16-12(18)7-6-10-4-3-5-11(8-10)17(20)21/h3-8H,9H2,1-2H3,(H2,15,19)(H,16,18)/b7-6+. The number of nitrogens with two attached hydrogens (primary N) is 1. The van der Waals surface area contributed by atoms with Gasteiger partial charge in [-0.3, -0.25) is 19.7 Å². The van der Waals surface area contributed by atoms with Crippen LogP contribution in [0.1, 0.15) is 19.4 Å². The number of carbonyl (C=O) groups is 2. The molecule has 1 aromatic carbocycles. The second kappa shape index (κ2) is 6.65. The fourth-order valence-corrected chi connectivity index (χ4v) is 1.37. The lowest BCUT2D eigenvalue weighted by atomic mass is 9.93. The predicted molar refractivity (Wildman–Crippen MR) is 78.1 cm³/mol. The Balaban J connectivity index is 2.64. The van der Waals surface area contributed by atoms with Gasteiger partial charge < -0.3 is 11.1 Å². The van der Waals surface area contributed by atoms with E-state index in [0.29, 0.717) is 5.56 Å². The average Bonchev–Trinajstić information content (AvgIpc) is 2.43. The zero-order valence-corrected chi connectivity index (χ0v) is 11.8. The lowest BCUT2D eigenvalue weighted by Gasteiger charge is -2.19. The van der Waals surface area contributed by atoms with E-state index in [0.717, 1.165) is 0 Å². The fraction of sp³-hybridized carbons (Fsp3) is 0.286. The molecule has 1 rings (SSSR count). The van der Waals surface area contributed by atoms with Crippen molar-refractivity contribution in [3.63, 3.8) is 0 Å². The van der Waals surface area contributed by atoms with Gasteiger partial charge in [-0.05, 0) is 25.5 Å². The molecule has 0 aromatic heterocycles. The molecule has 1 aromatic rings. The van der Waals surface area contributed by atoms with Crippen LogP contribution >= 0.6 is 0 Å². The highest BCUT2D eigenvalue weighted by Gasteiger charge is 2.24. The topological polar surface area (TPSA) is 115 Å². The number of amides is 2. The molecule has 112 valence electrons. The molecule has 0 unspecified atom stereocenters. The Kier molecular flexibility index (Phi) is 5.18. The molecule has 0 fully saturated rings. The third-order valence-electron chi connectivity index (χ3n) is 2.88. The lowest BCUT2D eigenvalue weighted by molar-refractivity contribution is -0.384. The van der Waals surface area contributed by atoms with Crippen LogP contribution < -0.4 is 11.1 Å². The molecular formula is C14H17N3O4. The van der Waals surface area contributed by atoms with Crippen molar-refractivity contribution in [3.8, 4) is 0 Å². The molecule has 7 nitrogen and oxygen atoms in total. The molecule has 0 aliphatic rings. The minimum absolute atomic E-state index is 0.0487. The van der Waals surface area contributed by atoms with E-state index in [2.05, 4.69) is 5.32 Å². The zero-order valence-electron chi connectivity index (χ0n) is 11.8. The smallest absolute Gasteiger partial charge is 0.270 e. The van der Waals surface area contributed by atoms with Gasteiger partial charge in [-0.2, -0.15) is 0 Å². The number of nitrogens with zero attached hydrogens (tertiary/aromatic N) is 1. The average molecular weight is 291 g/mol. The van der Waals surface area contributed by atoms with Crippen molar-refractivity contribution >= 4 is 23.6 Å². The van der Waals surface area contributed by atoms with Crippen LogP contribution in [0.15, 0.2) is 30.3 Å². The summed E-state index contributed by atoms with van der Waals surface area (Å²) in [5, 5.41) is 13.2. The van der Waals surface area contributed by atoms with E-state index < -0.39 is 22.2 Å². The quantitative estimate of drug-likeness (QED) is 0.466. The van der Waals surface area contributed by atoms with Gasteiger partial charge in [0.05, 0.1) is 10.3 Å². The van der Waals surface area contributed by atoms with Crippen LogP contribution in [-0.4, -0.2) is 23.3 Å². The SMILES string of the molecule is CC(C)(CNC(=O)/C=C/c1cccc([N+](=O)[O-])c1)C(N)=O. The Morgan fingerprint density at radius 1 is 1.43 bits per heavy atom. The van der Waals surface area contributed by atoms with Crippen molar-refractivity contribution in [3.05, 3.63) is 46.0 Å². The highest BCUT2D eigenvalue weighted by Crippen LogP contribution is 2.14. The molecule has 2 amide bonds. The second-order valence-corrected chi connectivity index (χ2v) is 5.15. The maximum Gasteiger partial charge on any atom is 0.270 e. The molecule has 3 N–H and O–H groups in total. The summed E-state index contributed by atoms with van der Waals surface area (Å²) in [5.74, 6) is -0.915. The van der Waals surface area contributed by atoms with Crippen LogP contribution in [0.3, 0.4) is 0 Å². The first kappa shape index (κ1) is 16.4. The number of rotatable bonds is 6. The first-order valence-corrected chi connectivity index (χ1v) is 6.22. The van der Waals surface area contributed by atoms with Crippen LogP contribution in [-0.2, 0) is 9.59 Å². The molecule has 21 heavy (non-hydrogen) atoms. The molecule has 0 saturated heterocycles. The van der Waals surface area contributed by atoms with Gasteiger partial charge in [0.25, 0.3) is 5.69 Å². The van der Waals surface area contributed by atoms with Crippen molar-refractivity contribution in [2.75, 3.05) is 6.54 Å². The van der Waals surface area contributed by atoms with Crippen molar-refractivity contribution in [1.29, 1.82) is 0 Å². The van der Waals surface area contributed by atoms with E-state index in [-0.39, 0.29) is 12.2 Å². The van der Waals surface area contributed by atoms with E-state index in [1.807, 2.05) is 0 Å². The Morgan fingerprint density at radius 2 is 2.10 bits per heavy atom. The molecule has 0 heterocycles. The molecule has 0 atom stereocenters. The summed E-state index contributed by atoms with van der Waals surface area (Å²) >= 11 is 0. The monoisotopic (exact) mass is 291 g/mol. The van der Waals surface area contributed by atoms with Crippen molar-refractivity contribution in [2.24, 2.45) is 11.1 Å². The van der Waals surface area contributed by atoms with Crippen LogP contribution in [0.4, 0.5) is 5.69 Å². The van der Waals surface area contributed by atoms with Crippen molar-refractivity contribution in [2.45, 2.75) is 13.8 Å². The normalized spacial score (nSPS) is 11.3. The molecule has 0 aliphatic carbocycles. The minimum Gasteiger partial charge on any atom is -0.369 e. The summed E-state index contributed by atoms with van der Waals surface area (Å²) in [6.07, 6.45) is 2.70. The number of carbonyl (C=O) groups excluding carboxylic acids is 2. The van der Waals surface area contributed by atoms with E-state index >= 15 is 0 Å². The summed E-state index contributed by atoms with van der Waals surface area (Å²) in [7, 11) is 0. The lowest BCUT2D eigenvalue weighted by Crippen LogP contribution is -2.41. The molecule has 7 heteroatoms. The summed E-state index contributed by atoms with van der Waals surface area (Å²) in [4.78, 5) is 32.8. The predicted octanol–water partition coefficient (Wildman–Crippen LogP) is 1.24. The molecule has 0 aliphatic heterocycles. The minimum atomic E-state index is -0.838. The van der Waals surface area contributed by atoms with Gasteiger partial charge >= 0.3 is 0 Å². The maximum atomic E-state index is 11.6. The van der Waals surface area contributed by atoms with E-state index in [9.17, 15) is 19.7 Å². The zero-order chi connectivity index (χ0) is 16.0. The first-order chi connectivity index (χ1) is 9.72. The summed E-state index contributed by atoms with van der Waals surface area (Å²) in [5.41, 5.74) is 4.84. The Morgan fingerprint density at radius 3 is 2.67 bits per heavy atom. The summed E-state index contributed by atoms with van der Waals surface area (Å²) in [6, 6.07) is 5.90. The Labute approximate surface area is 122 Å². The first-order valence-electron chi connectivity index (χ1n) is 6.22. The Hall–Kier alpha value is -2.70. The molecule has 0 spiro atoms. The highest BCUT2D eigenvalue weighted by molar-refractivity contribution is 5.92. The van der Waals surface area contributed by atoms with Gasteiger partial charge in [-0.15, -0.1) is 0 Å². The van der Waals surface area contributed by atoms with Crippen LogP contribution in [0.25, 0.3) is 6.08 Å². The van der Waals surface area contributed by atoms with Gasteiger partial charge in [-0.1, -0.05) is 12.1 Å². The number of primary amides is 1. The number of non-ortho nitro benzene ring substituents is 1. The highest BCUT2D eigenvalue weighted by atomic mass is 16.6. The second-order valence-electron chi connectivity index (χ2n) is 5.15. The van der Waals surface area contributed by atoms with Crippen LogP contribution in [0, 0.1) is 15.5 Å². The maximum absolute atomic E-state index is 11.6. The number of hydrogen-bond donors (Lipinski definition) is 2. The van der Waals surface area contributed by atoms with E-state index in [4.69, 9.17) is 5.73 Å². The molecular weight excluding hydrogens is 274 g/mol. The van der Waals surface area contributed by atoms with Crippen molar-refractivity contribution < 1.29 is 14.5 Å². The number of nitrogens with one attached hydrogen (secondary N) is 1. The number of benzene rings is 1. The Bertz CT molecular complexity index is 594. The molecule has 0 bridgehead atoms. The number of hydrogen-bond acceptors (Lipinski definition) is 4. The van der Waals surface area contributed by atoms with Crippen LogP contribution in [0.5, 0.6) is 0 Å². The summed E-state index contributed by atoms with van der Waals surface area (Å²) < 4.78 is 0. The largest absolute Gasteiger partial charge is 0.369 e. The molecule has 0 radical (unpaired) electrons. The van der Waals surface area contributed by atoms with Gasteiger partial charge in [0.2, 0.25) is 11.8 Å². The summed E-state index contributed by atoms with van der Waals surface area (Å²) in [6.45, 7) is 3.36. The van der Waals surface area contributed by atoms with Crippen LogP contribution in [0.2, 0.25) is 0 Å². The third kappa shape index (κ3) is 5.06. The van der Waals surface area contributed by atoms with E-state index in [1.165, 1.54) is 30.4 Å². The number of nitro groups is 1. The number of nitro benzene ring substituents is 1. The van der Waals surface area contributed by atoms with Gasteiger partial charge in [0.15, 0.2) is 0 Å². The van der Waals surface area contributed by atoms with Gasteiger partial charge in [-0.25, -0.2) is 0 Å².